The number of nitro benzene ring substituents is 1. The molecule has 0 amide bonds. The molecule has 0 atom stereocenters. The van der Waals surface area contributed by atoms with Gasteiger partial charge < -0.3 is 15.2 Å². The highest BCUT2D eigenvalue weighted by Crippen LogP contribution is 2.32. The molecule has 2 aromatic carbocycles. The summed E-state index contributed by atoms with van der Waals surface area (Å²) < 4.78 is 4.82. The number of anilines is 2. The molecule has 11 heteroatoms. The molecule has 1 aromatic heterocycles. The molecular weight excluding hydrogens is 435 g/mol. The number of fused-ring (bicyclic) bond motifs is 1. The second-order valence-corrected chi connectivity index (χ2v) is 6.71. The van der Waals surface area contributed by atoms with Crippen LogP contribution in [0.15, 0.2) is 36.4 Å². The van der Waals surface area contributed by atoms with Crippen molar-refractivity contribution < 1.29 is 19.6 Å². The molecule has 0 aliphatic carbocycles. The average Bonchev–Trinajstić information content (AvgIpc) is 2.69. The van der Waals surface area contributed by atoms with Crippen molar-refractivity contribution in [1.82, 2.24) is 9.97 Å². The lowest BCUT2D eigenvalue weighted by Crippen LogP contribution is -2.01. The van der Waals surface area contributed by atoms with Crippen molar-refractivity contribution in [3.63, 3.8) is 0 Å². The molecule has 30 heavy (non-hydrogen) atoms. The number of aromatic hydroxyl groups is 1. The fraction of sp³-hybridized carbons (Fsp3) is 0.105. The van der Waals surface area contributed by atoms with Crippen LogP contribution in [0, 0.1) is 10.1 Å². The molecule has 0 aliphatic rings. The van der Waals surface area contributed by atoms with Crippen molar-refractivity contribution in [2.45, 2.75) is 6.92 Å². The number of non-ortho nitro benzene ring substituents is 1. The second-order valence-electron chi connectivity index (χ2n) is 5.90. The first kappa shape index (κ1) is 21.3. The van der Waals surface area contributed by atoms with Gasteiger partial charge >= 0.3 is 5.97 Å². The molecule has 3 aromatic rings. The van der Waals surface area contributed by atoms with Crippen LogP contribution >= 0.6 is 23.2 Å². The minimum absolute atomic E-state index is 0.0121. The first-order valence-electron chi connectivity index (χ1n) is 8.54. The molecule has 0 radical (unpaired) electrons. The van der Waals surface area contributed by atoms with E-state index in [-0.39, 0.29) is 34.7 Å². The van der Waals surface area contributed by atoms with Crippen molar-refractivity contribution in [3.05, 3.63) is 62.1 Å². The lowest BCUT2D eigenvalue weighted by atomic mass is 10.1. The lowest BCUT2D eigenvalue weighted by molar-refractivity contribution is -0.384. The van der Waals surface area contributed by atoms with Gasteiger partial charge in [0.05, 0.1) is 32.5 Å². The Balaban J connectivity index is 2.10. The van der Waals surface area contributed by atoms with Gasteiger partial charge in [0.2, 0.25) is 11.8 Å². The molecule has 0 unspecified atom stereocenters. The number of ether oxygens (including phenoxy) is 1. The summed E-state index contributed by atoms with van der Waals surface area (Å²) in [5.41, 5.74) is 0.627. The van der Waals surface area contributed by atoms with Gasteiger partial charge in [-0.05, 0) is 31.2 Å². The number of rotatable bonds is 6. The highest BCUT2D eigenvalue weighted by Gasteiger charge is 2.17. The number of carbonyl (C=O) groups is 1. The first-order chi connectivity index (χ1) is 14.3. The van der Waals surface area contributed by atoms with Gasteiger partial charge in [0.25, 0.3) is 5.69 Å². The van der Waals surface area contributed by atoms with Crippen LogP contribution in [0.1, 0.15) is 12.5 Å². The van der Waals surface area contributed by atoms with Crippen LogP contribution in [0.2, 0.25) is 10.0 Å². The van der Waals surface area contributed by atoms with Crippen LogP contribution < -0.4 is 5.32 Å². The molecule has 9 nitrogen and oxygen atoms in total. The molecule has 0 aliphatic heterocycles. The number of carbonyl (C=O) groups excluding carboxylic acids is 1. The van der Waals surface area contributed by atoms with Crippen LogP contribution in [0.4, 0.5) is 17.3 Å². The Kier molecular flexibility index (Phi) is 6.34. The summed E-state index contributed by atoms with van der Waals surface area (Å²) in [6.07, 6.45) is 2.44. The van der Waals surface area contributed by atoms with E-state index in [2.05, 4.69) is 15.3 Å². The van der Waals surface area contributed by atoms with E-state index in [4.69, 9.17) is 27.9 Å². The highest BCUT2D eigenvalue weighted by molar-refractivity contribution is 6.42. The summed E-state index contributed by atoms with van der Waals surface area (Å²) in [6.45, 7) is 1.83. The summed E-state index contributed by atoms with van der Waals surface area (Å²) in [6, 6.07) is 7.13. The molecule has 3 rings (SSSR count). The Hall–Kier alpha value is -3.43. The lowest BCUT2D eigenvalue weighted by Gasteiger charge is -2.09. The molecule has 0 bridgehead atoms. The topological polar surface area (TPSA) is 127 Å². The van der Waals surface area contributed by atoms with Gasteiger partial charge in [0.1, 0.15) is 0 Å². The van der Waals surface area contributed by atoms with E-state index in [1.54, 1.807) is 25.1 Å². The Bertz CT molecular complexity index is 1180. The third kappa shape index (κ3) is 4.76. The van der Waals surface area contributed by atoms with Crippen molar-refractivity contribution in [1.29, 1.82) is 0 Å². The van der Waals surface area contributed by atoms with Gasteiger partial charge in [0.15, 0.2) is 0 Å². The molecular formula is C19H14Cl2N4O5. The van der Waals surface area contributed by atoms with Gasteiger partial charge in [-0.15, -0.1) is 0 Å². The van der Waals surface area contributed by atoms with E-state index in [9.17, 15) is 20.0 Å². The van der Waals surface area contributed by atoms with E-state index in [1.807, 2.05) is 0 Å². The number of nitro groups is 1. The maximum absolute atomic E-state index is 11.6. The number of nitrogens with zero attached hydrogens (tertiary/aromatic N) is 3. The number of halogens is 2. The zero-order valence-corrected chi connectivity index (χ0v) is 16.9. The van der Waals surface area contributed by atoms with Gasteiger partial charge in [-0.25, -0.2) is 9.78 Å². The third-order valence-corrected chi connectivity index (χ3v) is 4.61. The molecule has 0 saturated heterocycles. The predicted octanol–water partition coefficient (Wildman–Crippen LogP) is 4.87. The van der Waals surface area contributed by atoms with E-state index >= 15 is 0 Å². The predicted molar refractivity (Wildman–Crippen MR) is 113 cm³/mol. The quantitative estimate of drug-likeness (QED) is 0.236. The van der Waals surface area contributed by atoms with E-state index in [0.29, 0.717) is 15.7 Å². The number of nitrogens with one attached hydrogen (secondary N) is 1. The smallest absolute Gasteiger partial charge is 0.330 e. The van der Waals surface area contributed by atoms with Crippen molar-refractivity contribution in [2.24, 2.45) is 0 Å². The number of esters is 1. The number of aromatic nitrogens is 2. The van der Waals surface area contributed by atoms with Gasteiger partial charge in [-0.2, -0.15) is 4.98 Å². The van der Waals surface area contributed by atoms with Crippen molar-refractivity contribution in [3.8, 4) is 5.88 Å². The largest absolute Gasteiger partial charge is 0.493 e. The maximum Gasteiger partial charge on any atom is 0.330 e. The average molecular weight is 449 g/mol. The second kappa shape index (κ2) is 8.93. The van der Waals surface area contributed by atoms with E-state index in [1.165, 1.54) is 12.1 Å². The Morgan fingerprint density at radius 3 is 2.70 bits per heavy atom. The summed E-state index contributed by atoms with van der Waals surface area (Å²) in [5, 5.41) is 25.2. The number of hydrogen-bond acceptors (Lipinski definition) is 8. The molecule has 2 N–H and O–H groups in total. The fourth-order valence-electron chi connectivity index (χ4n) is 2.57. The third-order valence-electron chi connectivity index (χ3n) is 3.87. The Morgan fingerprint density at radius 2 is 2.03 bits per heavy atom. The minimum atomic E-state index is -0.623. The first-order valence-corrected chi connectivity index (χ1v) is 9.30. The highest BCUT2D eigenvalue weighted by atomic mass is 35.5. The van der Waals surface area contributed by atoms with Crippen LogP contribution in [0.3, 0.4) is 0 Å². The van der Waals surface area contributed by atoms with Crippen LogP contribution in [-0.2, 0) is 9.53 Å². The van der Waals surface area contributed by atoms with Gasteiger partial charge in [-0.1, -0.05) is 23.2 Å². The molecule has 154 valence electrons. The fourth-order valence-corrected chi connectivity index (χ4v) is 2.87. The van der Waals surface area contributed by atoms with Crippen LogP contribution in [0.25, 0.3) is 17.0 Å². The molecule has 0 spiro atoms. The van der Waals surface area contributed by atoms with Crippen LogP contribution in [-0.4, -0.2) is 32.6 Å². The van der Waals surface area contributed by atoms with E-state index < -0.39 is 16.8 Å². The van der Waals surface area contributed by atoms with Crippen molar-refractivity contribution in [2.75, 3.05) is 11.9 Å². The molecule has 0 saturated carbocycles. The number of hydrogen-bond donors (Lipinski definition) is 2. The Labute approximate surface area is 180 Å². The number of benzene rings is 2. The zero-order chi connectivity index (χ0) is 21.8. The maximum atomic E-state index is 11.6. The minimum Gasteiger partial charge on any atom is -0.493 e. The van der Waals surface area contributed by atoms with Gasteiger partial charge in [-0.3, -0.25) is 10.1 Å². The molecule has 0 fully saturated rings. The summed E-state index contributed by atoms with van der Waals surface area (Å²) in [5.74, 6) is -1.08. The van der Waals surface area contributed by atoms with Crippen molar-refractivity contribution >= 4 is 63.5 Å². The van der Waals surface area contributed by atoms with E-state index in [0.717, 1.165) is 12.1 Å². The van der Waals surface area contributed by atoms with Gasteiger partial charge in [0, 0.05) is 29.5 Å². The summed E-state index contributed by atoms with van der Waals surface area (Å²) in [4.78, 5) is 30.5. The van der Waals surface area contributed by atoms with Crippen LogP contribution in [0.5, 0.6) is 5.88 Å². The summed E-state index contributed by atoms with van der Waals surface area (Å²) >= 11 is 11.9. The summed E-state index contributed by atoms with van der Waals surface area (Å²) in [7, 11) is 0. The molecule has 1 heterocycles. The normalized spacial score (nSPS) is 11.0. The monoisotopic (exact) mass is 448 g/mol. The SMILES string of the molecule is CCOC(=O)C=Cc1cc([N+](=O)[O-])cc2c(O)nc(Nc3ccc(Cl)c(Cl)c3)nc12. The standard InChI is InChI=1S/C19H14Cl2N4O5/c1-2-30-16(26)6-3-10-7-12(25(28)29)9-13-17(10)23-19(24-18(13)27)22-11-4-5-14(20)15(21)8-11/h3-9H,2H2,1H3,(H2,22,23,24,27). The zero-order valence-electron chi connectivity index (χ0n) is 15.4. The Morgan fingerprint density at radius 1 is 1.27 bits per heavy atom.